The number of carboxylic acid groups (broad SMARTS) is 1. The van der Waals surface area contributed by atoms with Crippen LogP contribution in [0.5, 0.6) is 0 Å². The first-order valence-electron chi connectivity index (χ1n) is 12.1. The highest BCUT2D eigenvalue weighted by atomic mass is 16.5. The maximum absolute atomic E-state index is 13.0. The Balaban J connectivity index is 1.22. The molecule has 2 aromatic carbocycles. The highest BCUT2D eigenvalue weighted by molar-refractivity contribution is 5.86. The number of alkyl carbamates (subject to hydrolysis) is 1. The van der Waals surface area contributed by atoms with E-state index in [0.717, 1.165) is 47.9 Å². The summed E-state index contributed by atoms with van der Waals surface area (Å²) in [5.41, 5.74) is 4.57. The first-order valence-corrected chi connectivity index (χ1v) is 12.1. The summed E-state index contributed by atoms with van der Waals surface area (Å²) in [6.45, 7) is 0.182. The van der Waals surface area contributed by atoms with Gasteiger partial charge in [0, 0.05) is 12.0 Å². The van der Waals surface area contributed by atoms with Gasteiger partial charge in [0.2, 0.25) is 5.91 Å². The number of carboxylic acids is 1. The Morgan fingerprint density at radius 3 is 2.09 bits per heavy atom. The van der Waals surface area contributed by atoms with Crippen molar-refractivity contribution >= 4 is 18.0 Å². The van der Waals surface area contributed by atoms with Crippen LogP contribution in [0.1, 0.15) is 55.6 Å². The third kappa shape index (κ3) is 5.08. The van der Waals surface area contributed by atoms with Crippen LogP contribution in [0, 0.1) is 11.8 Å². The molecule has 0 radical (unpaired) electrons. The summed E-state index contributed by atoms with van der Waals surface area (Å²) >= 11 is 0. The number of hydrogen-bond acceptors (Lipinski definition) is 4. The van der Waals surface area contributed by atoms with E-state index in [4.69, 9.17) is 4.74 Å². The van der Waals surface area contributed by atoms with Crippen molar-refractivity contribution in [3.8, 4) is 11.1 Å². The van der Waals surface area contributed by atoms with Crippen LogP contribution in [0.15, 0.2) is 48.5 Å². The largest absolute Gasteiger partial charge is 0.481 e. The molecule has 0 spiro atoms. The zero-order valence-electron chi connectivity index (χ0n) is 19.0. The second-order valence-electron chi connectivity index (χ2n) is 9.75. The summed E-state index contributed by atoms with van der Waals surface area (Å²) in [4.78, 5) is 36.9. The van der Waals surface area contributed by atoms with Crippen molar-refractivity contribution in [3.63, 3.8) is 0 Å². The number of fused-ring (bicyclic) bond motifs is 3. The SMILES string of the molecule is O=C(O)CC(NC(=O)[C@H](CC1CC1)NC(=O)OCC1c2ccccc2-c2ccccc21)C1CC1. The number of carbonyl (C=O) groups is 3. The third-order valence-electron chi connectivity index (χ3n) is 7.13. The van der Waals surface area contributed by atoms with E-state index < -0.39 is 24.1 Å². The van der Waals surface area contributed by atoms with Gasteiger partial charge in [0.05, 0.1) is 6.42 Å². The molecule has 0 aliphatic heterocycles. The minimum Gasteiger partial charge on any atom is -0.481 e. The van der Waals surface area contributed by atoms with E-state index >= 15 is 0 Å². The van der Waals surface area contributed by atoms with Gasteiger partial charge in [0.25, 0.3) is 0 Å². The molecule has 0 saturated heterocycles. The molecule has 5 rings (SSSR count). The van der Waals surface area contributed by atoms with Crippen LogP contribution in [0.2, 0.25) is 0 Å². The predicted octanol–water partition coefficient (Wildman–Crippen LogP) is 4.06. The van der Waals surface area contributed by atoms with Gasteiger partial charge in [-0.1, -0.05) is 61.4 Å². The molecule has 7 heteroatoms. The maximum atomic E-state index is 13.0. The number of carbonyl (C=O) groups excluding carboxylic acids is 2. The fourth-order valence-corrected chi connectivity index (χ4v) is 5.01. The predicted molar refractivity (Wildman–Crippen MR) is 126 cm³/mol. The van der Waals surface area contributed by atoms with E-state index in [0.29, 0.717) is 12.3 Å². The van der Waals surface area contributed by atoms with Crippen molar-refractivity contribution in [3.05, 3.63) is 59.7 Å². The summed E-state index contributed by atoms with van der Waals surface area (Å²) in [5.74, 6) is -0.692. The molecule has 2 fully saturated rings. The van der Waals surface area contributed by atoms with E-state index in [1.807, 2.05) is 24.3 Å². The summed E-state index contributed by atoms with van der Waals surface area (Å²) < 4.78 is 5.63. The van der Waals surface area contributed by atoms with E-state index in [-0.39, 0.29) is 30.8 Å². The Morgan fingerprint density at radius 1 is 0.912 bits per heavy atom. The Bertz CT molecular complexity index is 1050. The quantitative estimate of drug-likeness (QED) is 0.494. The minimum absolute atomic E-state index is 0.0522. The van der Waals surface area contributed by atoms with Gasteiger partial charge in [-0.25, -0.2) is 4.79 Å². The van der Waals surface area contributed by atoms with Gasteiger partial charge in [-0.15, -0.1) is 0 Å². The maximum Gasteiger partial charge on any atom is 0.407 e. The molecule has 1 unspecified atom stereocenters. The van der Waals surface area contributed by atoms with Crippen LogP contribution in [-0.2, 0) is 14.3 Å². The Morgan fingerprint density at radius 2 is 1.53 bits per heavy atom. The molecule has 2 atom stereocenters. The lowest BCUT2D eigenvalue weighted by Crippen LogP contribution is -2.51. The number of rotatable bonds is 10. The van der Waals surface area contributed by atoms with Crippen molar-refractivity contribution in [2.24, 2.45) is 11.8 Å². The number of ether oxygens (including phenoxy) is 1. The van der Waals surface area contributed by atoms with Crippen LogP contribution in [0.4, 0.5) is 4.79 Å². The molecule has 178 valence electrons. The Labute approximate surface area is 198 Å². The monoisotopic (exact) mass is 462 g/mol. The number of amides is 2. The second-order valence-corrected chi connectivity index (χ2v) is 9.75. The van der Waals surface area contributed by atoms with Crippen LogP contribution < -0.4 is 10.6 Å². The molecule has 3 aliphatic rings. The molecule has 2 aromatic rings. The topological polar surface area (TPSA) is 105 Å². The second kappa shape index (κ2) is 9.49. The zero-order chi connectivity index (χ0) is 23.7. The molecule has 7 nitrogen and oxygen atoms in total. The minimum atomic E-state index is -0.930. The number of aliphatic carboxylic acids is 1. The fourth-order valence-electron chi connectivity index (χ4n) is 5.01. The van der Waals surface area contributed by atoms with Gasteiger partial charge in [-0.3, -0.25) is 9.59 Å². The molecule has 34 heavy (non-hydrogen) atoms. The van der Waals surface area contributed by atoms with Gasteiger partial charge >= 0.3 is 12.1 Å². The zero-order valence-corrected chi connectivity index (χ0v) is 19.0. The van der Waals surface area contributed by atoms with E-state index in [1.54, 1.807) is 0 Å². The van der Waals surface area contributed by atoms with Gasteiger partial charge in [-0.05, 0) is 53.4 Å². The average molecular weight is 463 g/mol. The molecular weight excluding hydrogens is 432 g/mol. The molecule has 3 aliphatic carbocycles. The number of nitrogens with one attached hydrogen (secondary N) is 2. The van der Waals surface area contributed by atoms with Gasteiger partial charge in [0.15, 0.2) is 0 Å². The number of hydrogen-bond donors (Lipinski definition) is 3. The van der Waals surface area contributed by atoms with Crippen molar-refractivity contribution in [1.82, 2.24) is 10.6 Å². The summed E-state index contributed by atoms with van der Waals surface area (Å²) in [6, 6.07) is 15.2. The number of benzene rings is 2. The Hall–Kier alpha value is -3.35. The molecule has 2 amide bonds. The lowest BCUT2D eigenvalue weighted by Gasteiger charge is -2.23. The van der Waals surface area contributed by atoms with Crippen LogP contribution in [0.3, 0.4) is 0 Å². The lowest BCUT2D eigenvalue weighted by atomic mass is 9.98. The molecule has 2 saturated carbocycles. The van der Waals surface area contributed by atoms with E-state index in [9.17, 15) is 19.5 Å². The van der Waals surface area contributed by atoms with E-state index in [2.05, 4.69) is 34.9 Å². The van der Waals surface area contributed by atoms with Gasteiger partial charge < -0.3 is 20.5 Å². The summed E-state index contributed by atoms with van der Waals surface area (Å²) in [6.07, 6.45) is 3.74. The lowest BCUT2D eigenvalue weighted by molar-refractivity contribution is -0.138. The molecule has 0 heterocycles. The van der Waals surface area contributed by atoms with Crippen molar-refractivity contribution < 1.29 is 24.2 Å². The molecular formula is C27H30N2O5. The highest BCUT2D eigenvalue weighted by Crippen LogP contribution is 2.44. The van der Waals surface area contributed by atoms with Crippen LogP contribution >= 0.6 is 0 Å². The fraction of sp³-hybridized carbons (Fsp3) is 0.444. The van der Waals surface area contributed by atoms with Crippen LogP contribution in [0.25, 0.3) is 11.1 Å². The first-order chi connectivity index (χ1) is 16.5. The standard InChI is InChI=1S/C27H30N2O5/c30-25(31)14-23(17-11-12-17)28-26(32)24(13-16-9-10-16)29-27(33)34-15-22-20-7-3-1-5-18(20)19-6-2-4-8-21(19)22/h1-8,16-17,22-24H,9-15H2,(H,28,32)(H,29,33)(H,30,31)/t23?,24-/m0/s1. The van der Waals surface area contributed by atoms with Crippen molar-refractivity contribution in [2.75, 3.05) is 6.61 Å². The first kappa shape index (κ1) is 22.4. The van der Waals surface area contributed by atoms with Crippen LogP contribution in [-0.4, -0.2) is 41.8 Å². The summed E-state index contributed by atoms with van der Waals surface area (Å²) in [5, 5.41) is 14.8. The van der Waals surface area contributed by atoms with Gasteiger partial charge in [0.1, 0.15) is 12.6 Å². The molecule has 0 aromatic heterocycles. The Kier molecular flexibility index (Phi) is 6.26. The smallest absolute Gasteiger partial charge is 0.407 e. The van der Waals surface area contributed by atoms with Gasteiger partial charge in [-0.2, -0.15) is 0 Å². The average Bonchev–Trinajstić information content (AvgIpc) is 3.74. The van der Waals surface area contributed by atoms with Crippen molar-refractivity contribution in [1.29, 1.82) is 0 Å². The van der Waals surface area contributed by atoms with E-state index in [1.165, 1.54) is 0 Å². The van der Waals surface area contributed by atoms with Crippen molar-refractivity contribution in [2.45, 2.75) is 56.5 Å². The molecule has 3 N–H and O–H groups in total. The highest BCUT2D eigenvalue weighted by Gasteiger charge is 2.37. The normalized spacial score (nSPS) is 18.4. The summed E-state index contributed by atoms with van der Waals surface area (Å²) in [7, 11) is 0. The molecule has 0 bridgehead atoms. The third-order valence-corrected chi connectivity index (χ3v) is 7.13.